The highest BCUT2D eigenvalue weighted by Gasteiger charge is 2.22. The van der Waals surface area contributed by atoms with Gasteiger partial charge in [-0.3, -0.25) is 24.4 Å². The van der Waals surface area contributed by atoms with Crippen molar-refractivity contribution in [2.45, 2.75) is 0 Å². The van der Waals surface area contributed by atoms with Gasteiger partial charge >= 0.3 is 0 Å². The highest BCUT2D eigenvalue weighted by Crippen LogP contribution is 2.26. The molecular weight excluding hydrogens is 544 g/mol. The number of amides is 2. The number of aromatic nitrogens is 2. The highest BCUT2D eigenvalue weighted by molar-refractivity contribution is 5.99. The molecule has 3 aromatic carbocycles. The maximum Gasteiger partial charge on any atom is 0.254 e. The van der Waals surface area contributed by atoms with Crippen LogP contribution in [0, 0.1) is 11.6 Å². The predicted molar refractivity (Wildman–Crippen MR) is 154 cm³/mol. The lowest BCUT2D eigenvalue weighted by atomic mass is 10.1. The van der Waals surface area contributed by atoms with Crippen LogP contribution >= 0.6 is 0 Å². The summed E-state index contributed by atoms with van der Waals surface area (Å²) in [7, 11) is 1.58. The molecule has 1 saturated heterocycles. The minimum Gasteiger partial charge on any atom is -0.497 e. The Labute approximate surface area is 242 Å². The summed E-state index contributed by atoms with van der Waals surface area (Å²) in [5.74, 6) is -0.811. The van der Waals surface area contributed by atoms with Gasteiger partial charge in [0, 0.05) is 49.2 Å². The molecule has 0 atom stereocenters. The van der Waals surface area contributed by atoms with E-state index in [1.807, 2.05) is 12.1 Å². The fourth-order valence-electron chi connectivity index (χ4n) is 4.62. The van der Waals surface area contributed by atoms with Crippen molar-refractivity contribution in [3.63, 3.8) is 0 Å². The number of morpholine rings is 1. The molecular formula is C31H31F2N5O4. The second-order valence-electron chi connectivity index (χ2n) is 9.76. The van der Waals surface area contributed by atoms with Crippen LogP contribution in [0.25, 0.3) is 16.9 Å². The third-order valence-electron chi connectivity index (χ3n) is 6.95. The largest absolute Gasteiger partial charge is 0.497 e. The van der Waals surface area contributed by atoms with Crippen LogP contribution in [0.5, 0.6) is 5.75 Å². The third-order valence-corrected chi connectivity index (χ3v) is 6.95. The van der Waals surface area contributed by atoms with Crippen molar-refractivity contribution in [2.24, 2.45) is 0 Å². The van der Waals surface area contributed by atoms with E-state index in [0.29, 0.717) is 36.9 Å². The smallest absolute Gasteiger partial charge is 0.254 e. The summed E-state index contributed by atoms with van der Waals surface area (Å²) in [4.78, 5) is 35.0. The van der Waals surface area contributed by atoms with Crippen molar-refractivity contribution in [1.29, 1.82) is 0 Å². The number of carbonyl (C=O) groups is 2. The van der Waals surface area contributed by atoms with E-state index in [1.165, 1.54) is 41.3 Å². The molecule has 218 valence electrons. The lowest BCUT2D eigenvalue weighted by Gasteiger charge is -2.30. The number of hydrogen-bond acceptors (Lipinski definition) is 6. The van der Waals surface area contributed by atoms with Gasteiger partial charge in [-0.05, 0) is 72.8 Å². The number of carbonyl (C=O) groups excluding carboxylic acids is 2. The maximum atomic E-state index is 13.7. The molecule has 0 spiro atoms. The Bertz CT molecular complexity index is 1500. The third kappa shape index (κ3) is 7.17. The first-order chi connectivity index (χ1) is 20.4. The van der Waals surface area contributed by atoms with Gasteiger partial charge in [-0.1, -0.05) is 0 Å². The average Bonchev–Trinajstić information content (AvgIpc) is 3.43. The summed E-state index contributed by atoms with van der Waals surface area (Å²) >= 11 is 0. The van der Waals surface area contributed by atoms with E-state index in [4.69, 9.17) is 9.47 Å². The summed E-state index contributed by atoms with van der Waals surface area (Å²) in [6, 6.07) is 18.3. The Balaban J connectivity index is 1.38. The molecule has 5 rings (SSSR count). The van der Waals surface area contributed by atoms with Crippen LogP contribution < -0.4 is 10.1 Å². The van der Waals surface area contributed by atoms with Crippen LogP contribution in [0.4, 0.5) is 14.7 Å². The van der Waals surface area contributed by atoms with Crippen molar-refractivity contribution >= 4 is 17.8 Å². The molecule has 0 aliphatic carbocycles. The van der Waals surface area contributed by atoms with Gasteiger partial charge in [0.25, 0.3) is 5.91 Å². The van der Waals surface area contributed by atoms with Crippen molar-refractivity contribution in [2.75, 3.05) is 58.4 Å². The fraction of sp³-hybridized carbons (Fsp3) is 0.258. The number of hydrogen-bond donors (Lipinski definition) is 1. The second-order valence-corrected chi connectivity index (χ2v) is 9.76. The SMILES string of the molecule is COc1ccc(-c2cn(-c3ccc(F)cc3)c(NC(=O)CN(CCN3CCOCC3)C(=O)c3ccc(F)cc3)n2)cc1. The molecule has 1 fully saturated rings. The van der Waals surface area contributed by atoms with Crippen LogP contribution in [0.1, 0.15) is 10.4 Å². The summed E-state index contributed by atoms with van der Waals surface area (Å²) in [5.41, 5.74) is 2.22. The van der Waals surface area contributed by atoms with Gasteiger partial charge in [0.05, 0.1) is 26.0 Å². The maximum absolute atomic E-state index is 13.7. The second kappa shape index (κ2) is 13.4. The normalized spacial score (nSPS) is 13.5. The number of benzene rings is 3. The molecule has 2 heterocycles. The van der Waals surface area contributed by atoms with Crippen LogP contribution in [0.2, 0.25) is 0 Å². The molecule has 1 aromatic heterocycles. The number of ether oxygens (including phenoxy) is 2. The zero-order chi connectivity index (χ0) is 29.5. The summed E-state index contributed by atoms with van der Waals surface area (Å²) in [6.07, 6.45) is 1.74. The molecule has 2 amide bonds. The number of methoxy groups -OCH3 is 1. The lowest BCUT2D eigenvalue weighted by Crippen LogP contribution is -2.45. The molecule has 0 bridgehead atoms. The topological polar surface area (TPSA) is 88.9 Å². The molecule has 1 aliphatic heterocycles. The minimum atomic E-state index is -0.470. The molecule has 11 heteroatoms. The fourth-order valence-corrected chi connectivity index (χ4v) is 4.62. The molecule has 9 nitrogen and oxygen atoms in total. The van der Waals surface area contributed by atoms with E-state index in [9.17, 15) is 18.4 Å². The number of imidazole rings is 1. The van der Waals surface area contributed by atoms with E-state index >= 15 is 0 Å². The zero-order valence-electron chi connectivity index (χ0n) is 23.1. The van der Waals surface area contributed by atoms with Gasteiger partial charge in [-0.15, -0.1) is 0 Å². The first-order valence-corrected chi connectivity index (χ1v) is 13.5. The molecule has 1 aliphatic rings. The Morgan fingerprint density at radius 3 is 2.24 bits per heavy atom. The van der Waals surface area contributed by atoms with Gasteiger partial charge in [0.15, 0.2) is 0 Å². The van der Waals surface area contributed by atoms with E-state index < -0.39 is 17.5 Å². The Morgan fingerprint density at radius 2 is 1.60 bits per heavy atom. The number of anilines is 1. The van der Waals surface area contributed by atoms with Gasteiger partial charge in [0.2, 0.25) is 11.9 Å². The molecule has 4 aromatic rings. The Kier molecular flexibility index (Phi) is 9.20. The standard InChI is InChI=1S/C31H31F2N5O4/c1-41-27-12-4-22(5-13-27)28-20-38(26-10-8-25(33)9-11-26)31(34-28)35-29(39)21-37(15-14-36-16-18-42-19-17-36)30(40)23-2-6-24(32)7-3-23/h2-13,20H,14-19,21H2,1H3,(H,34,35,39). The van der Waals surface area contributed by atoms with Gasteiger partial charge in [0.1, 0.15) is 23.9 Å². The van der Waals surface area contributed by atoms with Crippen LogP contribution in [-0.2, 0) is 9.53 Å². The molecule has 0 saturated carbocycles. The van der Waals surface area contributed by atoms with Crippen molar-refractivity contribution in [3.05, 3.63) is 96.2 Å². The number of nitrogens with one attached hydrogen (secondary N) is 1. The van der Waals surface area contributed by atoms with Crippen LogP contribution in [0.15, 0.2) is 79.0 Å². The molecule has 0 radical (unpaired) electrons. The number of rotatable bonds is 10. The van der Waals surface area contributed by atoms with E-state index in [1.54, 1.807) is 42.1 Å². The van der Waals surface area contributed by atoms with E-state index in [0.717, 1.165) is 18.7 Å². The number of halogens is 2. The quantitative estimate of drug-likeness (QED) is 0.305. The van der Waals surface area contributed by atoms with Crippen molar-refractivity contribution < 1.29 is 27.8 Å². The van der Waals surface area contributed by atoms with E-state index in [-0.39, 0.29) is 30.5 Å². The first-order valence-electron chi connectivity index (χ1n) is 13.5. The predicted octanol–water partition coefficient (Wildman–Crippen LogP) is 4.24. The van der Waals surface area contributed by atoms with Crippen LogP contribution in [-0.4, -0.2) is 84.2 Å². The highest BCUT2D eigenvalue weighted by atomic mass is 19.1. The first kappa shape index (κ1) is 28.9. The number of nitrogens with zero attached hydrogens (tertiary/aromatic N) is 4. The van der Waals surface area contributed by atoms with Gasteiger partial charge in [-0.25, -0.2) is 13.8 Å². The summed E-state index contributed by atoms with van der Waals surface area (Å²) < 4.78 is 39.5. The monoisotopic (exact) mass is 575 g/mol. The lowest BCUT2D eigenvalue weighted by molar-refractivity contribution is -0.117. The van der Waals surface area contributed by atoms with Crippen molar-refractivity contribution in [1.82, 2.24) is 19.4 Å². The zero-order valence-corrected chi connectivity index (χ0v) is 23.1. The van der Waals surface area contributed by atoms with Crippen molar-refractivity contribution in [3.8, 4) is 22.7 Å². The summed E-state index contributed by atoms with van der Waals surface area (Å²) in [5, 5.41) is 2.83. The Hall–Kier alpha value is -4.61. The molecule has 0 unspecified atom stereocenters. The minimum absolute atomic E-state index is 0.208. The van der Waals surface area contributed by atoms with Crippen LogP contribution in [0.3, 0.4) is 0 Å². The summed E-state index contributed by atoms with van der Waals surface area (Å²) in [6.45, 7) is 3.25. The van der Waals surface area contributed by atoms with Gasteiger partial charge < -0.3 is 14.4 Å². The Morgan fingerprint density at radius 1 is 0.952 bits per heavy atom. The average molecular weight is 576 g/mol. The van der Waals surface area contributed by atoms with Gasteiger partial charge in [-0.2, -0.15) is 0 Å². The molecule has 42 heavy (non-hydrogen) atoms. The van der Waals surface area contributed by atoms with E-state index in [2.05, 4.69) is 15.2 Å². The molecule has 1 N–H and O–H groups in total.